The molecule has 1 aliphatic rings. The van der Waals surface area contributed by atoms with E-state index in [1.165, 1.54) is 0 Å². The molecule has 0 unspecified atom stereocenters. The fourth-order valence-corrected chi connectivity index (χ4v) is 2.33. The Bertz CT molecular complexity index is 528. The van der Waals surface area contributed by atoms with Gasteiger partial charge in [-0.3, -0.25) is 4.79 Å². The van der Waals surface area contributed by atoms with Crippen LogP contribution < -0.4 is 10.5 Å². The first kappa shape index (κ1) is 14.4. The number of likely N-dealkylation sites (tertiary alicyclic amines) is 1. The molecule has 20 heavy (non-hydrogen) atoms. The highest BCUT2D eigenvalue weighted by Crippen LogP contribution is 2.24. The zero-order valence-electron chi connectivity index (χ0n) is 11.6. The van der Waals surface area contributed by atoms with Gasteiger partial charge in [-0.15, -0.1) is 0 Å². The van der Waals surface area contributed by atoms with E-state index in [9.17, 15) is 4.79 Å². The Morgan fingerprint density at radius 2 is 2.20 bits per heavy atom. The van der Waals surface area contributed by atoms with Gasteiger partial charge in [-0.05, 0) is 24.6 Å². The molecule has 0 spiro atoms. The van der Waals surface area contributed by atoms with Crippen molar-refractivity contribution in [1.29, 1.82) is 5.26 Å². The van der Waals surface area contributed by atoms with Gasteiger partial charge in [0, 0.05) is 25.9 Å². The largest absolute Gasteiger partial charge is 0.490 e. The molecule has 2 N–H and O–H groups in total. The molecule has 0 radical (unpaired) electrons. The van der Waals surface area contributed by atoms with Crippen molar-refractivity contribution in [3.63, 3.8) is 0 Å². The van der Waals surface area contributed by atoms with Crippen LogP contribution >= 0.6 is 0 Å². The maximum atomic E-state index is 11.5. The van der Waals surface area contributed by atoms with Crippen LogP contribution in [0.2, 0.25) is 0 Å². The van der Waals surface area contributed by atoms with Crippen LogP contribution in [0.15, 0.2) is 18.2 Å². The molecule has 1 heterocycles. The van der Waals surface area contributed by atoms with Gasteiger partial charge in [0.05, 0.1) is 18.2 Å². The van der Waals surface area contributed by atoms with Crippen LogP contribution in [0.4, 0.5) is 0 Å². The molecule has 0 bridgehead atoms. The maximum absolute atomic E-state index is 11.5. The molecule has 1 fully saturated rings. The highest BCUT2D eigenvalue weighted by molar-refractivity contribution is 5.78. The minimum Gasteiger partial charge on any atom is -0.490 e. The van der Waals surface area contributed by atoms with E-state index in [4.69, 9.17) is 15.7 Å². The summed E-state index contributed by atoms with van der Waals surface area (Å²) in [5, 5.41) is 8.92. The van der Waals surface area contributed by atoms with Gasteiger partial charge < -0.3 is 15.4 Å². The van der Waals surface area contributed by atoms with Crippen molar-refractivity contribution < 1.29 is 9.53 Å². The number of amides is 1. The molecule has 0 saturated carbocycles. The number of hydrogen-bond acceptors (Lipinski definition) is 4. The Kier molecular flexibility index (Phi) is 4.59. The number of ether oxygens (including phenoxy) is 1. The molecular formula is C15H19N3O2. The molecule has 0 atom stereocenters. The second-order valence-corrected chi connectivity index (χ2v) is 4.99. The fourth-order valence-electron chi connectivity index (χ4n) is 2.33. The number of carbonyl (C=O) groups is 1. The van der Waals surface area contributed by atoms with E-state index in [2.05, 4.69) is 6.07 Å². The number of nitrogens with zero attached hydrogens (tertiary/aromatic N) is 2. The number of benzene rings is 1. The van der Waals surface area contributed by atoms with Gasteiger partial charge in [-0.2, -0.15) is 5.26 Å². The molecule has 1 aliphatic heterocycles. The van der Waals surface area contributed by atoms with E-state index in [1.807, 2.05) is 13.0 Å². The van der Waals surface area contributed by atoms with Crippen LogP contribution in [0.1, 0.15) is 24.0 Å². The summed E-state index contributed by atoms with van der Waals surface area (Å²) in [7, 11) is 0. The molecule has 1 aromatic rings. The molecule has 1 saturated heterocycles. The van der Waals surface area contributed by atoms with Gasteiger partial charge in [0.25, 0.3) is 0 Å². The molecule has 0 aliphatic carbocycles. The lowest BCUT2D eigenvalue weighted by molar-refractivity contribution is -0.131. The van der Waals surface area contributed by atoms with E-state index >= 15 is 0 Å². The predicted molar refractivity (Wildman–Crippen MR) is 75.2 cm³/mol. The summed E-state index contributed by atoms with van der Waals surface area (Å²) in [6.07, 6.45) is 1.67. The first-order valence-corrected chi connectivity index (χ1v) is 6.79. The minimum atomic E-state index is -0.00823. The Balaban J connectivity index is 1.96. The fraction of sp³-hybridized carbons (Fsp3) is 0.467. The van der Waals surface area contributed by atoms with E-state index in [-0.39, 0.29) is 18.6 Å². The summed E-state index contributed by atoms with van der Waals surface area (Å²) >= 11 is 0. The molecule has 1 amide bonds. The SMILES string of the molecule is Cc1ccc(C#N)cc1OC1CCN(C(=O)CN)CC1. The molecule has 5 heteroatoms. The van der Waals surface area contributed by atoms with Crippen LogP contribution in [-0.2, 0) is 4.79 Å². The first-order chi connectivity index (χ1) is 9.63. The van der Waals surface area contributed by atoms with E-state index in [0.29, 0.717) is 18.7 Å². The third-order valence-corrected chi connectivity index (χ3v) is 3.58. The smallest absolute Gasteiger partial charge is 0.236 e. The monoisotopic (exact) mass is 273 g/mol. The van der Waals surface area contributed by atoms with Crippen molar-refractivity contribution in [2.45, 2.75) is 25.9 Å². The van der Waals surface area contributed by atoms with Crippen LogP contribution in [-0.4, -0.2) is 36.5 Å². The van der Waals surface area contributed by atoms with Gasteiger partial charge in [-0.1, -0.05) is 6.07 Å². The predicted octanol–water partition coefficient (Wildman–Crippen LogP) is 1.20. The van der Waals surface area contributed by atoms with Crippen LogP contribution in [0.25, 0.3) is 0 Å². The number of nitrogens with two attached hydrogens (primary N) is 1. The summed E-state index contributed by atoms with van der Waals surface area (Å²) in [6, 6.07) is 7.56. The number of piperidine rings is 1. The Hall–Kier alpha value is -2.06. The lowest BCUT2D eigenvalue weighted by atomic mass is 10.1. The van der Waals surface area contributed by atoms with E-state index < -0.39 is 0 Å². The van der Waals surface area contributed by atoms with E-state index in [0.717, 1.165) is 24.2 Å². The lowest BCUT2D eigenvalue weighted by Gasteiger charge is -2.32. The Morgan fingerprint density at radius 3 is 2.80 bits per heavy atom. The van der Waals surface area contributed by atoms with Gasteiger partial charge in [0.1, 0.15) is 11.9 Å². The third-order valence-electron chi connectivity index (χ3n) is 3.58. The number of nitriles is 1. The van der Waals surface area contributed by atoms with Crippen LogP contribution in [0, 0.1) is 18.3 Å². The Labute approximate surface area is 118 Å². The zero-order valence-corrected chi connectivity index (χ0v) is 11.6. The van der Waals surface area contributed by atoms with E-state index in [1.54, 1.807) is 17.0 Å². The normalized spacial score (nSPS) is 15.8. The minimum absolute atomic E-state index is 0.00823. The number of rotatable bonds is 3. The standard InChI is InChI=1S/C15H19N3O2/c1-11-2-3-12(9-16)8-14(11)20-13-4-6-18(7-5-13)15(19)10-17/h2-3,8,13H,4-7,10,17H2,1H3. The summed E-state index contributed by atoms with van der Waals surface area (Å²) in [6.45, 7) is 3.38. The second-order valence-electron chi connectivity index (χ2n) is 4.99. The van der Waals surface area contributed by atoms with Crippen molar-refractivity contribution in [3.8, 4) is 11.8 Å². The summed E-state index contributed by atoms with van der Waals surface area (Å²) < 4.78 is 5.97. The van der Waals surface area contributed by atoms with Gasteiger partial charge >= 0.3 is 0 Å². The average Bonchev–Trinajstić information content (AvgIpc) is 2.49. The number of hydrogen-bond donors (Lipinski definition) is 1. The molecule has 106 valence electrons. The van der Waals surface area contributed by atoms with Crippen molar-refractivity contribution >= 4 is 5.91 Å². The summed E-state index contributed by atoms with van der Waals surface area (Å²) in [5.41, 5.74) is 6.98. The molecular weight excluding hydrogens is 254 g/mol. The summed E-state index contributed by atoms with van der Waals surface area (Å²) in [4.78, 5) is 13.3. The highest BCUT2D eigenvalue weighted by Gasteiger charge is 2.23. The summed E-state index contributed by atoms with van der Waals surface area (Å²) in [5.74, 6) is 0.749. The quantitative estimate of drug-likeness (QED) is 0.897. The average molecular weight is 273 g/mol. The highest BCUT2D eigenvalue weighted by atomic mass is 16.5. The van der Waals surface area contributed by atoms with Crippen molar-refractivity contribution in [3.05, 3.63) is 29.3 Å². The van der Waals surface area contributed by atoms with Crippen LogP contribution in [0.3, 0.4) is 0 Å². The Morgan fingerprint density at radius 1 is 1.50 bits per heavy atom. The first-order valence-electron chi connectivity index (χ1n) is 6.79. The molecule has 5 nitrogen and oxygen atoms in total. The number of carbonyl (C=O) groups excluding carboxylic acids is 1. The van der Waals surface area contributed by atoms with Crippen molar-refractivity contribution in [2.24, 2.45) is 5.73 Å². The number of aryl methyl sites for hydroxylation is 1. The molecule has 0 aromatic heterocycles. The van der Waals surface area contributed by atoms with Gasteiger partial charge in [0.2, 0.25) is 5.91 Å². The van der Waals surface area contributed by atoms with Gasteiger partial charge in [-0.25, -0.2) is 0 Å². The molecule has 1 aromatic carbocycles. The van der Waals surface area contributed by atoms with Gasteiger partial charge in [0.15, 0.2) is 0 Å². The maximum Gasteiger partial charge on any atom is 0.236 e. The third kappa shape index (κ3) is 3.28. The van der Waals surface area contributed by atoms with Crippen molar-refractivity contribution in [1.82, 2.24) is 4.90 Å². The lowest BCUT2D eigenvalue weighted by Crippen LogP contribution is -2.44. The topological polar surface area (TPSA) is 79.3 Å². The van der Waals surface area contributed by atoms with Crippen LogP contribution in [0.5, 0.6) is 5.75 Å². The molecule has 2 rings (SSSR count). The zero-order chi connectivity index (χ0) is 14.5. The van der Waals surface area contributed by atoms with Crippen molar-refractivity contribution in [2.75, 3.05) is 19.6 Å². The second kappa shape index (κ2) is 6.40.